The van der Waals surface area contributed by atoms with Gasteiger partial charge in [0, 0.05) is 12.0 Å². The minimum absolute atomic E-state index is 0.0317. The maximum absolute atomic E-state index is 12.3. The van der Waals surface area contributed by atoms with Crippen molar-refractivity contribution in [2.45, 2.75) is 69.4 Å². The molecule has 1 N–H and O–H groups in total. The summed E-state index contributed by atoms with van der Waals surface area (Å²) >= 11 is 0. The molecule has 1 atom stereocenters. The van der Waals surface area contributed by atoms with Crippen molar-refractivity contribution in [2.24, 2.45) is 0 Å². The third-order valence-electron chi connectivity index (χ3n) is 3.93. The molecule has 1 aliphatic rings. The minimum Gasteiger partial charge on any atom is -0.352 e. The van der Waals surface area contributed by atoms with E-state index in [1.165, 1.54) is 6.92 Å². The van der Waals surface area contributed by atoms with Crippen LogP contribution in [0.5, 0.6) is 0 Å². The quantitative estimate of drug-likeness (QED) is 0.849. The molecule has 124 valence electrons. The summed E-state index contributed by atoms with van der Waals surface area (Å²) in [6.07, 6.45) is 3.98. The van der Waals surface area contributed by atoms with Crippen molar-refractivity contribution in [3.8, 4) is 0 Å². The molecule has 0 aromatic carbocycles. The van der Waals surface area contributed by atoms with Crippen molar-refractivity contribution >= 4 is 15.7 Å². The second kappa shape index (κ2) is 6.76. The van der Waals surface area contributed by atoms with Crippen LogP contribution in [0.15, 0.2) is 4.52 Å². The second-order valence-corrected chi connectivity index (χ2v) is 8.46. The zero-order valence-corrected chi connectivity index (χ0v) is 14.0. The predicted octanol–water partition coefficient (Wildman–Crippen LogP) is 1.56. The van der Waals surface area contributed by atoms with Crippen LogP contribution in [0.4, 0.5) is 0 Å². The highest BCUT2D eigenvalue weighted by atomic mass is 32.2. The molecule has 22 heavy (non-hydrogen) atoms. The lowest BCUT2D eigenvalue weighted by Gasteiger charge is -2.16. The van der Waals surface area contributed by atoms with Crippen LogP contribution in [0.2, 0.25) is 0 Å². The fourth-order valence-corrected chi connectivity index (χ4v) is 3.52. The predicted molar refractivity (Wildman–Crippen MR) is 80.9 cm³/mol. The van der Waals surface area contributed by atoms with Crippen LogP contribution in [0.25, 0.3) is 0 Å². The van der Waals surface area contributed by atoms with Crippen LogP contribution >= 0.6 is 0 Å². The van der Waals surface area contributed by atoms with Gasteiger partial charge in [-0.05, 0) is 19.8 Å². The number of amides is 1. The van der Waals surface area contributed by atoms with E-state index in [1.807, 2.05) is 13.8 Å². The average Bonchev–Trinajstić information content (AvgIpc) is 3.08. The van der Waals surface area contributed by atoms with Gasteiger partial charge in [-0.25, -0.2) is 8.42 Å². The Kier molecular flexibility index (Phi) is 5.20. The van der Waals surface area contributed by atoms with Gasteiger partial charge in [0.25, 0.3) is 0 Å². The van der Waals surface area contributed by atoms with Crippen LogP contribution < -0.4 is 5.32 Å². The molecule has 1 heterocycles. The minimum atomic E-state index is -3.67. The first-order chi connectivity index (χ1) is 10.3. The third kappa shape index (κ3) is 4.06. The SMILES string of the molecule is CC(C)c1noc(CS(=O)(=O)[C@@H](C)C(=O)NC2CCCC2)n1. The van der Waals surface area contributed by atoms with Gasteiger partial charge < -0.3 is 9.84 Å². The lowest BCUT2D eigenvalue weighted by molar-refractivity contribution is -0.121. The van der Waals surface area contributed by atoms with Gasteiger partial charge in [-0.1, -0.05) is 31.8 Å². The summed E-state index contributed by atoms with van der Waals surface area (Å²) in [4.78, 5) is 16.1. The van der Waals surface area contributed by atoms with E-state index < -0.39 is 26.7 Å². The second-order valence-electron chi connectivity index (χ2n) is 6.14. The smallest absolute Gasteiger partial charge is 0.241 e. The number of carbonyl (C=O) groups is 1. The number of aromatic nitrogens is 2. The highest BCUT2D eigenvalue weighted by Crippen LogP contribution is 2.19. The number of hydrogen-bond donors (Lipinski definition) is 1. The lowest BCUT2D eigenvalue weighted by atomic mass is 10.2. The Hall–Kier alpha value is -1.44. The molecule has 1 aromatic rings. The summed E-state index contributed by atoms with van der Waals surface area (Å²) in [5.74, 6) is -0.303. The fraction of sp³-hybridized carbons (Fsp3) is 0.786. The van der Waals surface area contributed by atoms with Crippen molar-refractivity contribution in [3.05, 3.63) is 11.7 Å². The van der Waals surface area contributed by atoms with E-state index in [0.717, 1.165) is 25.7 Å². The van der Waals surface area contributed by atoms with Crippen molar-refractivity contribution in [1.82, 2.24) is 15.5 Å². The molecule has 1 amide bonds. The standard InChI is InChI=1S/C14H23N3O4S/c1-9(2)13-16-12(21-17-13)8-22(19,20)10(3)14(18)15-11-6-4-5-7-11/h9-11H,4-8H2,1-3H3,(H,15,18)/t10-/m0/s1. The number of rotatable bonds is 6. The number of nitrogens with zero attached hydrogens (tertiary/aromatic N) is 2. The number of nitrogens with one attached hydrogen (secondary N) is 1. The van der Waals surface area contributed by atoms with Crippen molar-refractivity contribution in [2.75, 3.05) is 0 Å². The van der Waals surface area contributed by atoms with Crippen LogP contribution in [0.1, 0.15) is 64.1 Å². The Bertz CT molecular complexity index is 618. The van der Waals surface area contributed by atoms with Gasteiger partial charge >= 0.3 is 0 Å². The Labute approximate surface area is 130 Å². The van der Waals surface area contributed by atoms with Gasteiger partial charge in [0.1, 0.15) is 11.0 Å². The summed E-state index contributed by atoms with van der Waals surface area (Å²) < 4.78 is 29.6. The maximum atomic E-state index is 12.3. The summed E-state index contributed by atoms with van der Waals surface area (Å²) in [5.41, 5.74) is 0. The van der Waals surface area contributed by atoms with E-state index in [2.05, 4.69) is 15.5 Å². The molecule has 1 aromatic heterocycles. The topological polar surface area (TPSA) is 102 Å². The molecule has 0 saturated heterocycles. The number of hydrogen-bond acceptors (Lipinski definition) is 6. The van der Waals surface area contributed by atoms with Crippen LogP contribution in [0, 0.1) is 0 Å². The zero-order valence-electron chi connectivity index (χ0n) is 13.2. The molecule has 0 bridgehead atoms. The summed E-state index contributed by atoms with van der Waals surface area (Å²) in [7, 11) is -3.67. The van der Waals surface area contributed by atoms with Crippen molar-refractivity contribution in [3.63, 3.8) is 0 Å². The molecule has 0 unspecified atom stereocenters. The lowest BCUT2D eigenvalue weighted by Crippen LogP contribution is -2.42. The summed E-state index contributed by atoms with van der Waals surface area (Å²) in [6, 6.07) is 0.0982. The van der Waals surface area contributed by atoms with Gasteiger partial charge in [0.15, 0.2) is 15.7 Å². The molecule has 8 heteroatoms. The first-order valence-corrected chi connectivity index (χ1v) is 9.35. The molecule has 1 saturated carbocycles. The highest BCUT2D eigenvalue weighted by molar-refractivity contribution is 7.92. The normalized spacial score (nSPS) is 17.8. The third-order valence-corrected chi connectivity index (χ3v) is 5.88. The summed E-state index contributed by atoms with van der Waals surface area (Å²) in [6.45, 7) is 5.18. The first kappa shape index (κ1) is 16.9. The Morgan fingerprint density at radius 2 is 1.95 bits per heavy atom. The van der Waals surface area contributed by atoms with E-state index in [9.17, 15) is 13.2 Å². The molecular formula is C14H23N3O4S. The van der Waals surface area contributed by atoms with Gasteiger partial charge in [-0.15, -0.1) is 0 Å². The average molecular weight is 329 g/mol. The largest absolute Gasteiger partial charge is 0.352 e. The Morgan fingerprint density at radius 3 is 2.50 bits per heavy atom. The van der Waals surface area contributed by atoms with Gasteiger partial charge in [0.05, 0.1) is 0 Å². The van der Waals surface area contributed by atoms with E-state index in [-0.39, 0.29) is 17.9 Å². The number of carbonyl (C=O) groups excluding carboxylic acids is 1. The maximum Gasteiger partial charge on any atom is 0.241 e. The Balaban J connectivity index is 1.99. The fourth-order valence-electron chi connectivity index (χ4n) is 2.41. The van der Waals surface area contributed by atoms with E-state index in [4.69, 9.17) is 4.52 Å². The molecule has 1 aliphatic carbocycles. The van der Waals surface area contributed by atoms with E-state index in [0.29, 0.717) is 5.82 Å². The van der Waals surface area contributed by atoms with Gasteiger partial charge in [0.2, 0.25) is 11.8 Å². The zero-order chi connectivity index (χ0) is 16.3. The Morgan fingerprint density at radius 1 is 1.32 bits per heavy atom. The molecule has 0 radical (unpaired) electrons. The van der Waals surface area contributed by atoms with Crippen LogP contribution in [-0.4, -0.2) is 35.8 Å². The summed E-state index contributed by atoms with van der Waals surface area (Å²) in [5, 5.41) is 5.42. The van der Waals surface area contributed by atoms with Crippen molar-refractivity contribution < 1.29 is 17.7 Å². The monoisotopic (exact) mass is 329 g/mol. The molecule has 2 rings (SSSR count). The molecule has 7 nitrogen and oxygen atoms in total. The van der Waals surface area contributed by atoms with Crippen molar-refractivity contribution in [1.29, 1.82) is 0 Å². The molecule has 1 fully saturated rings. The molecular weight excluding hydrogens is 306 g/mol. The van der Waals surface area contributed by atoms with E-state index in [1.54, 1.807) is 0 Å². The first-order valence-electron chi connectivity index (χ1n) is 7.64. The van der Waals surface area contributed by atoms with Gasteiger partial charge in [-0.2, -0.15) is 4.98 Å². The van der Waals surface area contributed by atoms with Crippen LogP contribution in [0.3, 0.4) is 0 Å². The highest BCUT2D eigenvalue weighted by Gasteiger charge is 2.32. The van der Waals surface area contributed by atoms with E-state index >= 15 is 0 Å². The molecule has 0 aliphatic heterocycles. The van der Waals surface area contributed by atoms with Crippen LogP contribution in [-0.2, 0) is 20.4 Å². The van der Waals surface area contributed by atoms with Gasteiger partial charge in [-0.3, -0.25) is 4.79 Å². The number of sulfone groups is 1. The molecule has 0 spiro atoms.